The number of nitrogens with zero attached hydrogens (tertiary/aromatic N) is 5. The minimum atomic E-state index is -4.03. The average molecular weight is 505 g/mol. The lowest BCUT2D eigenvalue weighted by atomic mass is 10.0. The highest BCUT2D eigenvalue weighted by molar-refractivity contribution is 7.89. The van der Waals surface area contributed by atoms with Gasteiger partial charge >= 0.3 is 0 Å². The molecule has 0 aliphatic carbocycles. The highest BCUT2D eigenvalue weighted by Gasteiger charge is 2.20. The van der Waals surface area contributed by atoms with Gasteiger partial charge in [-0.05, 0) is 57.8 Å². The van der Waals surface area contributed by atoms with Gasteiger partial charge in [0, 0.05) is 17.1 Å². The van der Waals surface area contributed by atoms with E-state index >= 15 is 0 Å². The Balaban J connectivity index is 1.45. The number of nitrogen functional groups attached to an aromatic ring is 1. The van der Waals surface area contributed by atoms with Crippen molar-refractivity contribution in [2.24, 2.45) is 5.14 Å². The molecule has 5 rings (SSSR count). The number of pyridine rings is 1. The van der Waals surface area contributed by atoms with E-state index in [0.717, 1.165) is 11.5 Å². The summed E-state index contributed by atoms with van der Waals surface area (Å²) in [7, 11) is -4.03. The Morgan fingerprint density at radius 1 is 1.03 bits per heavy atom. The van der Waals surface area contributed by atoms with E-state index in [1.165, 1.54) is 35.0 Å². The number of primary sulfonamides is 1. The van der Waals surface area contributed by atoms with Crippen molar-refractivity contribution in [2.75, 3.05) is 11.1 Å². The summed E-state index contributed by atoms with van der Waals surface area (Å²) in [5, 5.41) is 20.4. The van der Waals surface area contributed by atoms with Gasteiger partial charge in [0.1, 0.15) is 11.6 Å². The highest BCUT2D eigenvalue weighted by atomic mass is 32.2. The standard InChI is InChI=1S/C23H17FN8O3S/c24-18-11-14(16-3-1-2-4-20(16)36(26,34)35)6-8-19(18)28-23(33)22-29-30-31-32(22)15-7-5-13-9-10-27-21(25)17(13)12-15/h1-12H,(H2,25,27)(H,28,33)(H2,26,34,35). The summed E-state index contributed by atoms with van der Waals surface area (Å²) in [6.45, 7) is 0. The van der Waals surface area contributed by atoms with Crippen LogP contribution < -0.4 is 16.2 Å². The number of rotatable bonds is 5. The third-order valence-electron chi connectivity index (χ3n) is 5.42. The van der Waals surface area contributed by atoms with E-state index in [4.69, 9.17) is 10.9 Å². The first kappa shape index (κ1) is 23.0. The van der Waals surface area contributed by atoms with Gasteiger partial charge in [-0.1, -0.05) is 30.3 Å². The predicted octanol–water partition coefficient (Wildman–Crippen LogP) is 2.50. The van der Waals surface area contributed by atoms with Crippen LogP contribution in [0, 0.1) is 5.82 Å². The molecule has 0 bridgehead atoms. The van der Waals surface area contributed by atoms with E-state index in [-0.39, 0.29) is 27.5 Å². The number of fused-ring (bicyclic) bond motifs is 1. The lowest BCUT2D eigenvalue weighted by Gasteiger charge is -2.11. The Hall–Kier alpha value is -4.75. The van der Waals surface area contributed by atoms with Crippen LogP contribution in [0.15, 0.2) is 77.8 Å². The Morgan fingerprint density at radius 2 is 1.83 bits per heavy atom. The van der Waals surface area contributed by atoms with Crippen LogP contribution in [0.5, 0.6) is 0 Å². The van der Waals surface area contributed by atoms with E-state index in [0.29, 0.717) is 16.9 Å². The van der Waals surface area contributed by atoms with E-state index in [1.807, 2.05) is 0 Å². The van der Waals surface area contributed by atoms with E-state index in [2.05, 4.69) is 25.8 Å². The molecular weight excluding hydrogens is 487 g/mol. The van der Waals surface area contributed by atoms with Crippen molar-refractivity contribution in [3.05, 3.63) is 84.6 Å². The van der Waals surface area contributed by atoms with Crippen LogP contribution in [0.3, 0.4) is 0 Å². The summed E-state index contributed by atoms with van der Waals surface area (Å²) in [4.78, 5) is 16.8. The third kappa shape index (κ3) is 4.23. The summed E-state index contributed by atoms with van der Waals surface area (Å²) >= 11 is 0. The number of halogens is 1. The largest absolute Gasteiger partial charge is 0.383 e. The highest BCUT2D eigenvalue weighted by Crippen LogP contribution is 2.29. The van der Waals surface area contributed by atoms with Crippen molar-refractivity contribution in [3.63, 3.8) is 0 Å². The number of sulfonamides is 1. The molecule has 5 N–H and O–H groups in total. The number of anilines is 2. The minimum absolute atomic E-state index is 0.147. The lowest BCUT2D eigenvalue weighted by molar-refractivity contribution is 0.101. The Morgan fingerprint density at radius 3 is 2.61 bits per heavy atom. The number of carbonyl (C=O) groups is 1. The van der Waals surface area contributed by atoms with Gasteiger partial charge in [0.05, 0.1) is 16.3 Å². The summed E-state index contributed by atoms with van der Waals surface area (Å²) in [5.41, 5.74) is 6.74. The minimum Gasteiger partial charge on any atom is -0.383 e. The lowest BCUT2D eigenvalue weighted by Crippen LogP contribution is -2.19. The number of amides is 1. The number of nitrogens with two attached hydrogens (primary N) is 2. The van der Waals surface area contributed by atoms with Crippen LogP contribution in [0.1, 0.15) is 10.6 Å². The molecule has 0 radical (unpaired) electrons. The van der Waals surface area contributed by atoms with Crippen molar-refractivity contribution in [1.82, 2.24) is 25.2 Å². The normalized spacial score (nSPS) is 11.5. The maximum atomic E-state index is 14.9. The number of aromatic nitrogens is 5. The summed E-state index contributed by atoms with van der Waals surface area (Å²) in [6, 6.07) is 16.8. The number of hydrogen-bond acceptors (Lipinski definition) is 8. The Labute approximate surface area is 203 Å². The zero-order chi connectivity index (χ0) is 25.4. The fourth-order valence-corrected chi connectivity index (χ4v) is 4.49. The summed E-state index contributed by atoms with van der Waals surface area (Å²) in [5.74, 6) is -1.45. The number of nitrogens with one attached hydrogen (secondary N) is 1. The van der Waals surface area contributed by atoms with E-state index in [9.17, 15) is 17.6 Å². The van der Waals surface area contributed by atoms with Crippen molar-refractivity contribution >= 4 is 38.2 Å². The molecule has 0 aliphatic rings. The molecule has 0 saturated heterocycles. The smallest absolute Gasteiger partial charge is 0.295 e. The number of benzene rings is 3. The fraction of sp³-hybridized carbons (Fsp3) is 0. The average Bonchev–Trinajstić information content (AvgIpc) is 3.35. The molecule has 1 amide bonds. The van der Waals surface area contributed by atoms with Crippen LogP contribution in [0.25, 0.3) is 27.6 Å². The van der Waals surface area contributed by atoms with Gasteiger partial charge in [-0.3, -0.25) is 4.79 Å². The molecule has 3 aromatic carbocycles. The van der Waals surface area contributed by atoms with Crippen LogP contribution in [0.4, 0.5) is 15.9 Å². The topological polar surface area (TPSA) is 172 Å². The van der Waals surface area contributed by atoms with Crippen LogP contribution in [-0.4, -0.2) is 39.5 Å². The zero-order valence-electron chi connectivity index (χ0n) is 18.3. The summed E-state index contributed by atoms with van der Waals surface area (Å²) in [6.07, 6.45) is 1.58. The molecule has 0 unspecified atom stereocenters. The number of carbonyl (C=O) groups excluding carboxylic acids is 1. The van der Waals surface area contributed by atoms with Crippen LogP contribution in [-0.2, 0) is 10.0 Å². The van der Waals surface area contributed by atoms with Gasteiger partial charge in [0.2, 0.25) is 15.8 Å². The van der Waals surface area contributed by atoms with Gasteiger partial charge in [-0.25, -0.2) is 22.9 Å². The van der Waals surface area contributed by atoms with Gasteiger partial charge in [-0.2, -0.15) is 4.68 Å². The van der Waals surface area contributed by atoms with Crippen molar-refractivity contribution < 1.29 is 17.6 Å². The third-order valence-corrected chi connectivity index (χ3v) is 6.39. The van der Waals surface area contributed by atoms with Crippen molar-refractivity contribution in [1.29, 1.82) is 0 Å². The SMILES string of the molecule is Nc1nccc2ccc(-n3nnnc3C(=O)Nc3ccc(-c4ccccc4S(N)(=O)=O)cc3F)cc12. The van der Waals surface area contributed by atoms with Crippen molar-refractivity contribution in [2.45, 2.75) is 4.90 Å². The monoisotopic (exact) mass is 504 g/mol. The quantitative estimate of drug-likeness (QED) is 0.327. The molecule has 0 spiro atoms. The van der Waals surface area contributed by atoms with Crippen LogP contribution in [0.2, 0.25) is 0 Å². The molecular formula is C23H17FN8O3S. The first-order valence-electron chi connectivity index (χ1n) is 10.4. The predicted molar refractivity (Wildman–Crippen MR) is 130 cm³/mol. The number of hydrogen-bond donors (Lipinski definition) is 3. The fourth-order valence-electron chi connectivity index (χ4n) is 3.73. The molecule has 11 nitrogen and oxygen atoms in total. The zero-order valence-corrected chi connectivity index (χ0v) is 19.1. The second-order valence-electron chi connectivity index (χ2n) is 7.71. The molecule has 0 aliphatic heterocycles. The molecule has 180 valence electrons. The molecule has 36 heavy (non-hydrogen) atoms. The van der Waals surface area contributed by atoms with Crippen molar-refractivity contribution in [3.8, 4) is 16.8 Å². The van der Waals surface area contributed by atoms with Crippen LogP contribution >= 0.6 is 0 Å². The van der Waals surface area contributed by atoms with Gasteiger partial charge < -0.3 is 11.1 Å². The van der Waals surface area contributed by atoms with Gasteiger partial charge in [0.15, 0.2) is 0 Å². The van der Waals surface area contributed by atoms with E-state index in [1.54, 1.807) is 36.5 Å². The molecule has 2 heterocycles. The molecule has 2 aromatic heterocycles. The Kier molecular flexibility index (Phi) is 5.62. The van der Waals surface area contributed by atoms with Gasteiger partial charge in [-0.15, -0.1) is 5.10 Å². The first-order chi connectivity index (χ1) is 17.2. The Bertz CT molecular complexity index is 1750. The molecule has 5 aromatic rings. The summed E-state index contributed by atoms with van der Waals surface area (Å²) < 4.78 is 39.9. The second kappa shape index (κ2) is 8.79. The molecule has 0 fully saturated rings. The second-order valence-corrected chi connectivity index (χ2v) is 9.24. The van der Waals surface area contributed by atoms with E-state index < -0.39 is 21.7 Å². The maximum absolute atomic E-state index is 14.9. The molecule has 13 heteroatoms. The first-order valence-corrected chi connectivity index (χ1v) is 11.9. The molecule has 0 atom stereocenters. The molecule has 0 saturated carbocycles. The number of tetrazole rings is 1. The van der Waals surface area contributed by atoms with Gasteiger partial charge in [0.25, 0.3) is 5.91 Å². The maximum Gasteiger partial charge on any atom is 0.295 e.